The fraction of sp³-hybridized carbons (Fsp3) is 0.316. The van der Waals surface area contributed by atoms with Crippen LogP contribution in [-0.4, -0.2) is 23.8 Å². The van der Waals surface area contributed by atoms with Crippen molar-refractivity contribution >= 4 is 23.1 Å². The molecule has 2 aliphatic heterocycles. The molecule has 0 amide bonds. The number of carbonyl (C=O) groups excluding carboxylic acids is 1. The zero-order valence-corrected chi connectivity index (χ0v) is 13.7. The highest BCUT2D eigenvalue weighted by atomic mass is 35.5. The molecule has 0 bridgehead atoms. The smallest absolute Gasteiger partial charge is 0.165 e. The molecule has 2 heterocycles. The van der Waals surface area contributed by atoms with Crippen LogP contribution < -0.4 is 0 Å². The molecule has 3 nitrogen and oxygen atoms in total. The summed E-state index contributed by atoms with van der Waals surface area (Å²) in [4.78, 5) is 14.3. The van der Waals surface area contributed by atoms with Crippen LogP contribution >= 0.6 is 11.6 Å². The molecule has 1 unspecified atom stereocenters. The van der Waals surface area contributed by atoms with Crippen LogP contribution in [-0.2, 0) is 4.74 Å². The Labute approximate surface area is 140 Å². The second kappa shape index (κ2) is 5.57. The molecular weight excluding hydrogens is 310 g/mol. The van der Waals surface area contributed by atoms with Gasteiger partial charge in [0, 0.05) is 30.3 Å². The van der Waals surface area contributed by atoms with Crippen LogP contribution in [0.4, 0.5) is 0 Å². The minimum atomic E-state index is 0.0405. The summed E-state index contributed by atoms with van der Waals surface area (Å²) in [6, 6.07) is 7.76. The van der Waals surface area contributed by atoms with Gasteiger partial charge in [-0.1, -0.05) is 42.3 Å². The molecular formula is C19H18ClNO2. The quantitative estimate of drug-likeness (QED) is 0.774. The predicted molar refractivity (Wildman–Crippen MR) is 90.7 cm³/mol. The van der Waals surface area contributed by atoms with E-state index in [0.29, 0.717) is 5.03 Å². The molecule has 0 spiro atoms. The number of ether oxygens (including phenoxy) is 1. The number of hydrogen-bond acceptors (Lipinski definition) is 3. The van der Waals surface area contributed by atoms with Gasteiger partial charge in [-0.15, -0.1) is 0 Å². The van der Waals surface area contributed by atoms with E-state index >= 15 is 0 Å². The molecule has 23 heavy (non-hydrogen) atoms. The van der Waals surface area contributed by atoms with Gasteiger partial charge >= 0.3 is 0 Å². The van der Waals surface area contributed by atoms with E-state index in [1.54, 1.807) is 0 Å². The van der Waals surface area contributed by atoms with Crippen molar-refractivity contribution < 1.29 is 9.53 Å². The summed E-state index contributed by atoms with van der Waals surface area (Å²) in [6.07, 6.45) is 9.08. The first-order valence-corrected chi connectivity index (χ1v) is 8.35. The Morgan fingerprint density at radius 1 is 1.26 bits per heavy atom. The number of carbonyl (C=O) groups is 1. The Morgan fingerprint density at radius 2 is 2.00 bits per heavy atom. The number of Topliss-reactive ketones (excluding diaryl/α,β-unsaturated/α-hetero) is 1. The lowest BCUT2D eigenvalue weighted by molar-refractivity contribution is 0.0855. The van der Waals surface area contributed by atoms with Crippen LogP contribution in [0.25, 0.3) is 5.76 Å². The fourth-order valence-electron chi connectivity index (χ4n) is 3.14. The second-order valence-corrected chi connectivity index (χ2v) is 6.75. The van der Waals surface area contributed by atoms with Crippen LogP contribution in [0.5, 0.6) is 0 Å². The van der Waals surface area contributed by atoms with Gasteiger partial charge in [-0.05, 0) is 25.0 Å². The third-order valence-corrected chi connectivity index (χ3v) is 5.17. The van der Waals surface area contributed by atoms with E-state index in [0.717, 1.165) is 35.5 Å². The molecule has 118 valence electrons. The summed E-state index contributed by atoms with van der Waals surface area (Å²) in [5.74, 6) is 2.06. The van der Waals surface area contributed by atoms with Crippen molar-refractivity contribution in [1.29, 1.82) is 0 Å². The van der Waals surface area contributed by atoms with E-state index < -0.39 is 0 Å². The van der Waals surface area contributed by atoms with E-state index in [1.165, 1.54) is 6.42 Å². The largest absolute Gasteiger partial charge is 0.457 e. The van der Waals surface area contributed by atoms with E-state index in [9.17, 15) is 4.79 Å². The van der Waals surface area contributed by atoms with Gasteiger partial charge in [0.2, 0.25) is 0 Å². The molecule has 1 aliphatic carbocycles. The summed E-state index contributed by atoms with van der Waals surface area (Å²) < 4.78 is 5.95. The fourth-order valence-corrected chi connectivity index (χ4v) is 3.35. The SMILES string of the molecule is CN1C=CC(Cl)=C2OC(c3ccc(C(=O)C4CCC4)cc3)=CC21. The van der Waals surface area contributed by atoms with Crippen molar-refractivity contribution in [3.63, 3.8) is 0 Å². The number of benzene rings is 1. The number of hydrogen-bond donors (Lipinski definition) is 0. The van der Waals surface area contributed by atoms with Crippen molar-refractivity contribution in [3.05, 3.63) is 64.5 Å². The monoisotopic (exact) mass is 327 g/mol. The molecule has 0 radical (unpaired) electrons. The normalized spacial score (nSPS) is 23.3. The topological polar surface area (TPSA) is 29.5 Å². The summed E-state index contributed by atoms with van der Waals surface area (Å²) in [5, 5.41) is 0.635. The number of nitrogens with zero attached hydrogens (tertiary/aromatic N) is 1. The van der Waals surface area contributed by atoms with Crippen LogP contribution in [0.1, 0.15) is 35.2 Å². The van der Waals surface area contributed by atoms with Gasteiger partial charge in [0.1, 0.15) is 17.6 Å². The standard InChI is InChI=1S/C19H18ClNO2/c1-21-10-9-15(20)19-16(21)11-17(23-19)12-5-7-14(8-6-12)18(22)13-3-2-4-13/h5-11,13,16H,2-4H2,1H3. The summed E-state index contributed by atoms with van der Waals surface area (Å²) in [7, 11) is 1.99. The first-order chi connectivity index (χ1) is 11.1. The summed E-state index contributed by atoms with van der Waals surface area (Å²) in [6.45, 7) is 0. The number of ketones is 1. The van der Waals surface area contributed by atoms with Crippen LogP contribution in [0.15, 0.2) is 53.4 Å². The van der Waals surface area contributed by atoms with Crippen molar-refractivity contribution in [1.82, 2.24) is 4.90 Å². The van der Waals surface area contributed by atoms with Crippen molar-refractivity contribution in [2.75, 3.05) is 7.05 Å². The van der Waals surface area contributed by atoms with E-state index in [2.05, 4.69) is 11.0 Å². The van der Waals surface area contributed by atoms with Crippen LogP contribution in [0, 0.1) is 5.92 Å². The molecule has 0 aromatic heterocycles. The predicted octanol–water partition coefficient (Wildman–Crippen LogP) is 4.32. The zero-order valence-electron chi connectivity index (χ0n) is 13.0. The van der Waals surface area contributed by atoms with Gasteiger partial charge in [-0.3, -0.25) is 4.79 Å². The van der Waals surface area contributed by atoms with Gasteiger partial charge in [-0.2, -0.15) is 0 Å². The Hall–Kier alpha value is -2.00. The van der Waals surface area contributed by atoms with Gasteiger partial charge in [0.15, 0.2) is 5.78 Å². The lowest BCUT2D eigenvalue weighted by atomic mass is 9.80. The molecule has 4 rings (SSSR count). The van der Waals surface area contributed by atoms with Crippen LogP contribution in [0.2, 0.25) is 0 Å². The maximum Gasteiger partial charge on any atom is 0.165 e. The van der Waals surface area contributed by atoms with E-state index in [1.807, 2.05) is 43.6 Å². The molecule has 4 heteroatoms. The summed E-state index contributed by atoms with van der Waals surface area (Å²) >= 11 is 6.22. The molecule has 1 fully saturated rings. The summed E-state index contributed by atoms with van der Waals surface area (Å²) in [5.41, 5.74) is 1.76. The molecule has 0 saturated heterocycles. The van der Waals surface area contributed by atoms with Gasteiger partial charge in [0.05, 0.1) is 5.03 Å². The number of likely N-dealkylation sites (N-methyl/N-ethyl adjacent to an activating group) is 1. The third-order valence-electron chi connectivity index (χ3n) is 4.86. The van der Waals surface area contributed by atoms with Crippen molar-refractivity contribution in [3.8, 4) is 0 Å². The molecule has 0 N–H and O–H groups in total. The van der Waals surface area contributed by atoms with Crippen molar-refractivity contribution in [2.45, 2.75) is 25.3 Å². The number of rotatable bonds is 3. The average molecular weight is 328 g/mol. The van der Waals surface area contributed by atoms with E-state index in [4.69, 9.17) is 16.3 Å². The highest BCUT2D eigenvalue weighted by Crippen LogP contribution is 2.37. The number of allylic oxidation sites excluding steroid dienone is 2. The first-order valence-electron chi connectivity index (χ1n) is 7.97. The molecule has 3 aliphatic rings. The Bertz CT molecular complexity index is 741. The number of halogens is 1. The van der Waals surface area contributed by atoms with Crippen LogP contribution in [0.3, 0.4) is 0 Å². The van der Waals surface area contributed by atoms with Crippen molar-refractivity contribution in [2.24, 2.45) is 5.92 Å². The second-order valence-electron chi connectivity index (χ2n) is 6.34. The minimum Gasteiger partial charge on any atom is -0.457 e. The highest BCUT2D eigenvalue weighted by molar-refractivity contribution is 6.31. The van der Waals surface area contributed by atoms with Gasteiger partial charge in [-0.25, -0.2) is 0 Å². The number of fused-ring (bicyclic) bond motifs is 1. The lowest BCUT2D eigenvalue weighted by Crippen LogP contribution is -2.27. The Morgan fingerprint density at radius 3 is 2.61 bits per heavy atom. The maximum atomic E-state index is 12.3. The average Bonchev–Trinajstić information content (AvgIpc) is 2.96. The molecule has 1 saturated carbocycles. The minimum absolute atomic E-state index is 0.0405. The van der Waals surface area contributed by atoms with Gasteiger partial charge < -0.3 is 9.64 Å². The van der Waals surface area contributed by atoms with E-state index in [-0.39, 0.29) is 17.7 Å². The zero-order chi connectivity index (χ0) is 16.0. The molecule has 1 aromatic carbocycles. The highest BCUT2D eigenvalue weighted by Gasteiger charge is 2.31. The molecule has 1 aromatic rings. The van der Waals surface area contributed by atoms with Gasteiger partial charge in [0.25, 0.3) is 0 Å². The maximum absolute atomic E-state index is 12.3. The first kappa shape index (κ1) is 14.6. The third kappa shape index (κ3) is 2.49. The Balaban J connectivity index is 1.56. The molecule has 1 atom stereocenters. The Kier molecular flexibility index (Phi) is 3.53. The lowest BCUT2D eigenvalue weighted by Gasteiger charge is -2.24.